The molecule has 4 aliphatic rings. The van der Waals surface area contributed by atoms with Crippen molar-refractivity contribution in [3.8, 4) is 0 Å². The summed E-state index contributed by atoms with van der Waals surface area (Å²) in [6.07, 6.45) is 27.3. The van der Waals surface area contributed by atoms with E-state index in [1.165, 1.54) is 69.9 Å². The zero-order chi connectivity index (χ0) is 28.4. The summed E-state index contributed by atoms with van der Waals surface area (Å²) in [4.78, 5) is 26.2. The molecule has 2 aliphatic heterocycles. The molecule has 0 radical (unpaired) electrons. The zero-order valence-corrected chi connectivity index (χ0v) is 25.6. The molecule has 8 heteroatoms. The molecule has 0 spiro atoms. The fourth-order valence-corrected chi connectivity index (χ4v) is 7.70. The van der Waals surface area contributed by atoms with Crippen molar-refractivity contribution in [3.05, 3.63) is 36.4 Å². The third-order valence-corrected chi connectivity index (χ3v) is 10.2. The molecule has 2 aromatic rings. The molecule has 8 nitrogen and oxygen atoms in total. The standard InChI is InChI=1S/C28H43N7O.C5H12/c36-28(25-15-20-5-1-2-7-23(20)32-25)34-24(16-21-6-3-4-12-30-21)27-31-17-26(33-27)19-8-10-22(11-9-19)35-14-13-29-18-35;1-3-5-4-2/h13-14,17-25,30,32H,1-12,15-16H2,(H,31,33)(H,34,36);3-5H2,1-2H3/t19?,20?,21?,22?,23?,24-,25?;/m0./s1. The minimum absolute atomic E-state index is 0.0622. The number of fused-ring (bicyclic) bond motifs is 1. The molecule has 4 unspecified atom stereocenters. The van der Waals surface area contributed by atoms with Crippen molar-refractivity contribution in [2.24, 2.45) is 5.92 Å². The van der Waals surface area contributed by atoms with Gasteiger partial charge in [-0.3, -0.25) is 4.79 Å². The van der Waals surface area contributed by atoms with Crippen LogP contribution >= 0.6 is 0 Å². The summed E-state index contributed by atoms with van der Waals surface area (Å²) in [7, 11) is 0. The Balaban J connectivity index is 0.000000623. The average Bonchev–Trinajstić information content (AvgIpc) is 3.79. The van der Waals surface area contributed by atoms with Gasteiger partial charge < -0.3 is 25.5 Å². The smallest absolute Gasteiger partial charge is 0.237 e. The van der Waals surface area contributed by atoms with E-state index in [2.05, 4.69) is 50.5 Å². The Hall–Kier alpha value is -2.19. The molecular weight excluding hydrogens is 510 g/mol. The minimum atomic E-state index is -0.0754. The lowest BCUT2D eigenvalue weighted by Gasteiger charge is -2.29. The fraction of sp³-hybridized carbons (Fsp3) is 0.788. The summed E-state index contributed by atoms with van der Waals surface area (Å²) in [5.41, 5.74) is 1.23. The summed E-state index contributed by atoms with van der Waals surface area (Å²) in [5.74, 6) is 2.26. The molecule has 4 fully saturated rings. The summed E-state index contributed by atoms with van der Waals surface area (Å²) >= 11 is 0. The first kappa shape index (κ1) is 30.3. The summed E-state index contributed by atoms with van der Waals surface area (Å²) in [5, 5.41) is 10.8. The minimum Gasteiger partial charge on any atom is -0.345 e. The van der Waals surface area contributed by atoms with E-state index in [-0.39, 0.29) is 18.0 Å². The largest absolute Gasteiger partial charge is 0.345 e. The first-order valence-corrected chi connectivity index (χ1v) is 17.0. The Morgan fingerprint density at radius 3 is 2.54 bits per heavy atom. The highest BCUT2D eigenvalue weighted by atomic mass is 16.2. The van der Waals surface area contributed by atoms with Crippen LogP contribution in [0.1, 0.15) is 146 Å². The molecule has 6 rings (SSSR count). The van der Waals surface area contributed by atoms with E-state index in [4.69, 9.17) is 4.98 Å². The maximum absolute atomic E-state index is 13.4. The quantitative estimate of drug-likeness (QED) is 0.285. The lowest BCUT2D eigenvalue weighted by Crippen LogP contribution is -2.46. The highest BCUT2D eigenvalue weighted by Crippen LogP contribution is 2.38. The first-order valence-electron chi connectivity index (χ1n) is 17.0. The number of carbonyl (C=O) groups is 1. The van der Waals surface area contributed by atoms with E-state index in [0.717, 1.165) is 50.9 Å². The Morgan fingerprint density at radius 1 is 1.05 bits per heavy atom. The molecule has 5 atom stereocenters. The van der Waals surface area contributed by atoms with Crippen LogP contribution in [-0.4, -0.2) is 50.1 Å². The fourth-order valence-electron chi connectivity index (χ4n) is 7.70. The van der Waals surface area contributed by atoms with Crippen LogP contribution in [0.25, 0.3) is 0 Å². The maximum Gasteiger partial charge on any atom is 0.237 e. The van der Waals surface area contributed by atoms with Crippen molar-refractivity contribution in [2.75, 3.05) is 6.54 Å². The number of amides is 1. The van der Waals surface area contributed by atoms with Crippen molar-refractivity contribution in [2.45, 2.75) is 153 Å². The Kier molecular flexibility index (Phi) is 11.3. The molecule has 2 aromatic heterocycles. The number of imidazole rings is 2. The lowest BCUT2D eigenvalue weighted by atomic mass is 9.84. The molecule has 228 valence electrons. The number of piperidine rings is 1. The van der Waals surface area contributed by atoms with Gasteiger partial charge in [-0.1, -0.05) is 52.4 Å². The SMILES string of the molecule is CCCCC.O=C(N[C@@H](CC1CCCCN1)c1ncc(C2CCC(n3ccnc3)CC2)[nH]1)C1CC2CCCCC2N1. The number of H-pyrrole nitrogens is 1. The zero-order valence-electron chi connectivity index (χ0n) is 25.6. The second kappa shape index (κ2) is 15.3. The monoisotopic (exact) mass is 565 g/mol. The van der Waals surface area contributed by atoms with Crippen LogP contribution in [0.5, 0.6) is 0 Å². The highest BCUT2D eigenvalue weighted by Gasteiger charge is 2.39. The third kappa shape index (κ3) is 8.22. The molecule has 2 saturated carbocycles. The van der Waals surface area contributed by atoms with Crippen LogP contribution in [-0.2, 0) is 4.79 Å². The molecule has 4 heterocycles. The number of nitrogens with one attached hydrogen (secondary N) is 4. The van der Waals surface area contributed by atoms with Gasteiger partial charge in [0.15, 0.2) is 0 Å². The van der Waals surface area contributed by atoms with Crippen molar-refractivity contribution in [1.82, 2.24) is 35.5 Å². The van der Waals surface area contributed by atoms with Crippen LogP contribution in [0.15, 0.2) is 24.9 Å². The number of carbonyl (C=O) groups excluding carboxylic acids is 1. The third-order valence-electron chi connectivity index (χ3n) is 10.2. The van der Waals surface area contributed by atoms with Gasteiger partial charge in [0.25, 0.3) is 0 Å². The van der Waals surface area contributed by atoms with Crippen molar-refractivity contribution in [1.29, 1.82) is 0 Å². The summed E-state index contributed by atoms with van der Waals surface area (Å²) < 4.78 is 2.25. The predicted octanol–water partition coefficient (Wildman–Crippen LogP) is 6.31. The van der Waals surface area contributed by atoms with Gasteiger partial charge in [-0.2, -0.15) is 0 Å². The lowest BCUT2D eigenvalue weighted by molar-refractivity contribution is -0.123. The van der Waals surface area contributed by atoms with Gasteiger partial charge in [0, 0.05) is 48.3 Å². The van der Waals surface area contributed by atoms with E-state index in [1.807, 2.05) is 18.7 Å². The molecule has 0 bridgehead atoms. The van der Waals surface area contributed by atoms with E-state index in [0.29, 0.717) is 30.0 Å². The number of rotatable bonds is 9. The second-order valence-electron chi connectivity index (χ2n) is 13.1. The Labute approximate surface area is 247 Å². The van der Waals surface area contributed by atoms with Crippen molar-refractivity contribution >= 4 is 5.91 Å². The van der Waals surface area contributed by atoms with Gasteiger partial charge in [0.05, 0.1) is 18.4 Å². The highest BCUT2D eigenvalue weighted by molar-refractivity contribution is 5.82. The number of hydrogen-bond acceptors (Lipinski definition) is 5. The van der Waals surface area contributed by atoms with Gasteiger partial charge in [-0.25, -0.2) is 9.97 Å². The van der Waals surface area contributed by atoms with E-state index in [9.17, 15) is 4.79 Å². The van der Waals surface area contributed by atoms with Gasteiger partial charge in [0.2, 0.25) is 5.91 Å². The summed E-state index contributed by atoms with van der Waals surface area (Å²) in [6, 6.07) is 1.38. The maximum atomic E-state index is 13.4. The van der Waals surface area contributed by atoms with Crippen LogP contribution in [0, 0.1) is 5.92 Å². The molecule has 4 N–H and O–H groups in total. The summed E-state index contributed by atoms with van der Waals surface area (Å²) in [6.45, 7) is 5.50. The number of aromatic nitrogens is 4. The topological polar surface area (TPSA) is 99.7 Å². The van der Waals surface area contributed by atoms with Gasteiger partial charge in [-0.15, -0.1) is 0 Å². The molecule has 0 aromatic carbocycles. The van der Waals surface area contributed by atoms with Gasteiger partial charge in [-0.05, 0) is 76.7 Å². The number of aromatic amines is 1. The normalized spacial score (nSPS) is 30.6. The van der Waals surface area contributed by atoms with Gasteiger partial charge >= 0.3 is 0 Å². The number of hydrogen-bond donors (Lipinski definition) is 4. The molecule has 41 heavy (non-hydrogen) atoms. The van der Waals surface area contributed by atoms with Crippen molar-refractivity contribution in [3.63, 3.8) is 0 Å². The van der Waals surface area contributed by atoms with E-state index in [1.54, 1.807) is 0 Å². The molecule has 2 aliphatic carbocycles. The predicted molar refractivity (Wildman–Crippen MR) is 165 cm³/mol. The Morgan fingerprint density at radius 2 is 1.85 bits per heavy atom. The van der Waals surface area contributed by atoms with E-state index < -0.39 is 0 Å². The van der Waals surface area contributed by atoms with Crippen LogP contribution in [0.4, 0.5) is 0 Å². The van der Waals surface area contributed by atoms with E-state index >= 15 is 0 Å². The Bertz CT molecular complexity index is 1010. The van der Waals surface area contributed by atoms with Crippen LogP contribution in [0.2, 0.25) is 0 Å². The second-order valence-corrected chi connectivity index (χ2v) is 13.1. The molecule has 2 saturated heterocycles. The molecular formula is C33H55N7O. The van der Waals surface area contributed by atoms with Gasteiger partial charge in [0.1, 0.15) is 5.82 Å². The average molecular weight is 566 g/mol. The number of unbranched alkanes of at least 4 members (excludes halogenated alkanes) is 2. The van der Waals surface area contributed by atoms with Crippen LogP contribution in [0.3, 0.4) is 0 Å². The number of nitrogens with zero attached hydrogens (tertiary/aromatic N) is 3. The van der Waals surface area contributed by atoms with Crippen LogP contribution < -0.4 is 16.0 Å². The van der Waals surface area contributed by atoms with Crippen molar-refractivity contribution < 1.29 is 4.79 Å². The molecule has 1 amide bonds. The first-order chi connectivity index (χ1) is 20.1.